The summed E-state index contributed by atoms with van der Waals surface area (Å²) in [5.41, 5.74) is -0.710. The van der Waals surface area contributed by atoms with Gasteiger partial charge in [0.2, 0.25) is 0 Å². The van der Waals surface area contributed by atoms with E-state index in [1.807, 2.05) is 20.8 Å². The van der Waals surface area contributed by atoms with E-state index in [1.54, 1.807) is 0 Å². The van der Waals surface area contributed by atoms with Gasteiger partial charge in [0.15, 0.2) is 0 Å². The first kappa shape index (κ1) is 13.1. The van der Waals surface area contributed by atoms with Crippen LogP contribution in [-0.4, -0.2) is 34.2 Å². The molecule has 0 rings (SSSR count). The van der Waals surface area contributed by atoms with Gasteiger partial charge in [0.1, 0.15) is 8.80 Å². The Balaban J connectivity index is 4.38. The van der Waals surface area contributed by atoms with Gasteiger partial charge in [0, 0.05) is 19.8 Å². The quantitative estimate of drug-likeness (QED) is 0.469. The van der Waals surface area contributed by atoms with Crippen molar-refractivity contribution in [2.24, 2.45) is 0 Å². The average molecular weight is 206 g/mol. The van der Waals surface area contributed by atoms with Crippen LogP contribution >= 0.6 is 0 Å². The molecule has 0 aliphatic rings. The van der Waals surface area contributed by atoms with Crippen molar-refractivity contribution in [2.45, 2.75) is 39.5 Å². The van der Waals surface area contributed by atoms with Crippen LogP contribution in [0.3, 0.4) is 0 Å². The van der Waals surface area contributed by atoms with Crippen LogP contribution in [0.25, 0.3) is 0 Å². The molecule has 0 atom stereocenters. The fourth-order valence-electron chi connectivity index (χ4n) is 1.23. The molecule has 0 saturated carbocycles. The van der Waals surface area contributed by atoms with Crippen LogP contribution in [0.15, 0.2) is 0 Å². The molecule has 0 heterocycles. The minimum Gasteiger partial charge on any atom is -0.332 e. The van der Waals surface area contributed by atoms with Gasteiger partial charge in [0.25, 0.3) is 5.60 Å². The van der Waals surface area contributed by atoms with Crippen LogP contribution in [0.2, 0.25) is 13.1 Å². The summed E-state index contributed by atoms with van der Waals surface area (Å²) in [4.78, 5) is 0. The van der Waals surface area contributed by atoms with Crippen LogP contribution < -0.4 is 0 Å². The Bertz CT molecular complexity index is 111. The van der Waals surface area contributed by atoms with E-state index in [0.717, 1.165) is 0 Å². The first-order valence-electron chi connectivity index (χ1n) is 5.04. The molecule has 0 spiro atoms. The topological polar surface area (TPSA) is 27.7 Å². The molecule has 0 saturated heterocycles. The van der Waals surface area contributed by atoms with E-state index >= 15 is 0 Å². The molecular formula is C9H22O3Si. The third-order valence-corrected chi connectivity index (χ3v) is 3.66. The largest absolute Gasteiger partial charge is 0.332 e. The van der Waals surface area contributed by atoms with Crippen LogP contribution in [0, 0.1) is 0 Å². The van der Waals surface area contributed by atoms with Gasteiger partial charge >= 0.3 is 0 Å². The van der Waals surface area contributed by atoms with Crippen LogP contribution in [0.4, 0.5) is 0 Å². The van der Waals surface area contributed by atoms with Gasteiger partial charge in [-0.2, -0.15) is 0 Å². The Hall–Kier alpha value is 0.0969. The van der Waals surface area contributed by atoms with Crippen molar-refractivity contribution in [3.05, 3.63) is 0 Å². The van der Waals surface area contributed by atoms with Crippen molar-refractivity contribution in [1.82, 2.24) is 0 Å². The van der Waals surface area contributed by atoms with E-state index in [2.05, 4.69) is 13.1 Å². The number of ether oxygens (including phenoxy) is 3. The van der Waals surface area contributed by atoms with Crippen LogP contribution in [0.1, 0.15) is 20.8 Å². The van der Waals surface area contributed by atoms with E-state index in [1.165, 1.54) is 0 Å². The summed E-state index contributed by atoms with van der Waals surface area (Å²) in [7, 11) is -1.14. The molecule has 0 bridgehead atoms. The van der Waals surface area contributed by atoms with E-state index in [-0.39, 0.29) is 0 Å². The first-order chi connectivity index (χ1) is 6.13. The van der Waals surface area contributed by atoms with E-state index in [4.69, 9.17) is 14.2 Å². The Morgan fingerprint density at radius 3 is 1.31 bits per heavy atom. The highest BCUT2D eigenvalue weighted by Crippen LogP contribution is 2.19. The van der Waals surface area contributed by atoms with Gasteiger partial charge in [-0.25, -0.2) is 0 Å². The summed E-state index contributed by atoms with van der Waals surface area (Å²) in [5, 5.41) is 0. The van der Waals surface area contributed by atoms with Crippen molar-refractivity contribution in [1.29, 1.82) is 0 Å². The lowest BCUT2D eigenvalue weighted by Gasteiger charge is -2.35. The molecule has 4 heteroatoms. The summed E-state index contributed by atoms with van der Waals surface area (Å²) in [6.45, 7) is 12.1. The summed E-state index contributed by atoms with van der Waals surface area (Å²) in [5.74, 6) is 0. The Morgan fingerprint density at radius 2 is 1.15 bits per heavy atom. The van der Waals surface area contributed by atoms with Gasteiger partial charge in [-0.1, -0.05) is 13.1 Å². The highest BCUT2D eigenvalue weighted by atomic mass is 28.3. The van der Waals surface area contributed by atoms with Crippen molar-refractivity contribution < 1.29 is 14.2 Å². The monoisotopic (exact) mass is 206 g/mol. The molecule has 80 valence electrons. The van der Waals surface area contributed by atoms with Gasteiger partial charge in [-0.3, -0.25) is 0 Å². The Morgan fingerprint density at radius 1 is 0.846 bits per heavy atom. The number of hydrogen-bond donors (Lipinski definition) is 0. The normalized spacial score (nSPS) is 12.5. The molecule has 0 fully saturated rings. The number of rotatable bonds is 7. The minimum atomic E-state index is -1.14. The second-order valence-corrected chi connectivity index (χ2v) is 6.07. The summed E-state index contributed by atoms with van der Waals surface area (Å²) in [6, 6.07) is 0. The smallest absolute Gasteiger partial charge is 0.252 e. The van der Waals surface area contributed by atoms with Crippen LogP contribution in [0.5, 0.6) is 0 Å². The lowest BCUT2D eigenvalue weighted by atomic mass is 10.8. The first-order valence-corrected chi connectivity index (χ1v) is 7.93. The van der Waals surface area contributed by atoms with Gasteiger partial charge in [0.05, 0.1) is 0 Å². The predicted octanol–water partition coefficient (Wildman–Crippen LogP) is 1.78. The second kappa shape index (κ2) is 6.54. The third-order valence-electron chi connectivity index (χ3n) is 1.74. The molecule has 0 aromatic rings. The molecule has 0 N–H and O–H groups in total. The summed E-state index contributed by atoms with van der Waals surface area (Å²) in [6.07, 6.45) is 0. The second-order valence-electron chi connectivity index (χ2n) is 3.06. The third kappa shape index (κ3) is 3.77. The van der Waals surface area contributed by atoms with Gasteiger partial charge < -0.3 is 14.2 Å². The molecule has 0 aromatic carbocycles. The van der Waals surface area contributed by atoms with E-state index < -0.39 is 14.4 Å². The van der Waals surface area contributed by atoms with Gasteiger partial charge in [-0.05, 0) is 20.8 Å². The fraction of sp³-hybridized carbons (Fsp3) is 1.00. The van der Waals surface area contributed by atoms with Crippen molar-refractivity contribution >= 4 is 8.80 Å². The zero-order valence-corrected chi connectivity index (χ0v) is 10.6. The summed E-state index contributed by atoms with van der Waals surface area (Å²) >= 11 is 0. The zero-order chi connectivity index (χ0) is 10.3. The minimum absolute atomic E-state index is 0.630. The standard InChI is InChI=1S/C9H22O3Si/c1-6-10-9(11-7-2,12-8-3)13(4)5/h13H,6-8H2,1-5H3. The van der Waals surface area contributed by atoms with E-state index in [0.29, 0.717) is 19.8 Å². The molecule has 0 amide bonds. The van der Waals surface area contributed by atoms with Crippen molar-refractivity contribution in [3.8, 4) is 0 Å². The molecular weight excluding hydrogens is 184 g/mol. The molecule has 0 radical (unpaired) electrons. The average Bonchev–Trinajstić information content (AvgIpc) is 2.05. The molecule has 0 aliphatic heterocycles. The molecule has 0 aromatic heterocycles. The predicted molar refractivity (Wildman–Crippen MR) is 56.5 cm³/mol. The fourth-order valence-corrected chi connectivity index (χ4v) is 2.73. The molecule has 13 heavy (non-hydrogen) atoms. The van der Waals surface area contributed by atoms with Crippen molar-refractivity contribution in [3.63, 3.8) is 0 Å². The van der Waals surface area contributed by atoms with E-state index in [9.17, 15) is 0 Å². The van der Waals surface area contributed by atoms with Crippen LogP contribution in [-0.2, 0) is 14.2 Å². The van der Waals surface area contributed by atoms with Crippen molar-refractivity contribution in [2.75, 3.05) is 19.8 Å². The zero-order valence-electron chi connectivity index (χ0n) is 9.42. The summed E-state index contributed by atoms with van der Waals surface area (Å²) < 4.78 is 16.8. The maximum absolute atomic E-state index is 5.59. The maximum atomic E-state index is 5.59. The SMILES string of the molecule is CCOC(OCC)(OCC)[SiH](C)C. The number of hydrogen-bond acceptors (Lipinski definition) is 3. The Labute approximate surface area is 83.0 Å². The lowest BCUT2D eigenvalue weighted by Crippen LogP contribution is -2.50. The highest BCUT2D eigenvalue weighted by molar-refractivity contribution is 6.58. The molecule has 3 nitrogen and oxygen atoms in total. The van der Waals surface area contributed by atoms with Gasteiger partial charge in [-0.15, -0.1) is 0 Å². The molecule has 0 unspecified atom stereocenters. The molecule has 0 aliphatic carbocycles. The highest BCUT2D eigenvalue weighted by Gasteiger charge is 2.36. The maximum Gasteiger partial charge on any atom is 0.252 e. The lowest BCUT2D eigenvalue weighted by molar-refractivity contribution is -0.325. The Kier molecular flexibility index (Phi) is 6.58.